The first kappa shape index (κ1) is 39.9. The summed E-state index contributed by atoms with van der Waals surface area (Å²) >= 11 is 0. The fourth-order valence-electron chi connectivity index (χ4n) is 4.70. The summed E-state index contributed by atoms with van der Waals surface area (Å²) in [5.74, 6) is 0. The van der Waals surface area contributed by atoms with Crippen molar-refractivity contribution in [2.24, 2.45) is 0 Å². The molecule has 1 atom stereocenters. The molecule has 0 aliphatic carbocycles. The van der Waals surface area contributed by atoms with Crippen LogP contribution in [0.1, 0.15) is 6.42 Å². The van der Waals surface area contributed by atoms with Gasteiger partial charge in [0.25, 0.3) is 0 Å². The van der Waals surface area contributed by atoms with Gasteiger partial charge >= 0.3 is 34.7 Å². The summed E-state index contributed by atoms with van der Waals surface area (Å²) in [5.41, 5.74) is 0. The van der Waals surface area contributed by atoms with Crippen molar-refractivity contribution in [1.82, 2.24) is 0 Å². The summed E-state index contributed by atoms with van der Waals surface area (Å²) < 4.78 is 60.1. The zero-order valence-electron chi connectivity index (χ0n) is 26.9. The zero-order valence-corrected chi connectivity index (χ0v) is 32.9. The first-order valence-electron chi connectivity index (χ1n) is 13.6. The fraction of sp³-hybridized carbons (Fsp3) is 1.00. The van der Waals surface area contributed by atoms with Gasteiger partial charge in [-0.1, -0.05) is 0 Å². The van der Waals surface area contributed by atoms with Crippen LogP contribution in [0, 0.1) is 0 Å². The van der Waals surface area contributed by atoms with Gasteiger partial charge in [-0.2, -0.15) is 0 Å². The topological polar surface area (TPSA) is 113 Å². The van der Waals surface area contributed by atoms with Crippen LogP contribution in [-0.4, -0.2) is 119 Å². The molecule has 0 aliphatic heterocycles. The van der Waals surface area contributed by atoms with Crippen LogP contribution in [0.2, 0.25) is 76.0 Å². The van der Waals surface area contributed by atoms with Crippen molar-refractivity contribution in [3.63, 3.8) is 0 Å². The molecule has 0 radical (unpaired) electrons. The average Bonchev–Trinajstić information content (AvgIpc) is 2.85. The molecule has 0 spiro atoms. The van der Waals surface area contributed by atoms with Gasteiger partial charge in [0.05, 0.1) is 13.2 Å². The summed E-state index contributed by atoms with van der Waals surface area (Å²) in [6.45, 7) is 16.1. The smallest absolute Gasteiger partial charge is 0.436 e. The maximum absolute atomic E-state index is 9.05. The van der Waals surface area contributed by atoms with E-state index in [1.54, 1.807) is 42.7 Å². The van der Waals surface area contributed by atoms with Gasteiger partial charge in [-0.15, -0.1) is 0 Å². The first-order chi connectivity index (χ1) is 18.0. The third-order valence-corrected chi connectivity index (χ3v) is 29.0. The predicted molar refractivity (Wildman–Crippen MR) is 167 cm³/mol. The second-order valence-corrected chi connectivity index (χ2v) is 33.6. The lowest BCUT2D eigenvalue weighted by Crippen LogP contribution is -2.58. The van der Waals surface area contributed by atoms with E-state index in [0.29, 0.717) is 25.3 Å². The number of rotatable bonds is 24. The van der Waals surface area contributed by atoms with Crippen molar-refractivity contribution in [2.45, 2.75) is 82.5 Å². The highest BCUT2D eigenvalue weighted by Crippen LogP contribution is 2.32. The van der Waals surface area contributed by atoms with Crippen LogP contribution in [0.5, 0.6) is 0 Å². The number of hydrogen-bond donors (Lipinski definition) is 1. The fourth-order valence-corrected chi connectivity index (χ4v) is 31.8. The molecule has 0 saturated carbocycles. The molecule has 0 aromatic heterocycles. The number of ether oxygens (including phenoxy) is 1. The Balaban J connectivity index is 5.66. The molecule has 11 nitrogen and oxygen atoms in total. The van der Waals surface area contributed by atoms with Crippen molar-refractivity contribution in [3.8, 4) is 0 Å². The minimum absolute atomic E-state index is 0.0125. The summed E-state index contributed by atoms with van der Waals surface area (Å²) in [5, 5.41) is 9.05. The van der Waals surface area contributed by atoms with Crippen LogP contribution in [0.25, 0.3) is 0 Å². The van der Waals surface area contributed by atoms with E-state index in [4.69, 9.17) is 48.7 Å². The van der Waals surface area contributed by atoms with Gasteiger partial charge in [0, 0.05) is 61.4 Å². The molecule has 0 heterocycles. The molecule has 39 heavy (non-hydrogen) atoms. The normalized spacial score (nSPS) is 15.5. The maximum Gasteiger partial charge on any atom is 0.499 e. The molecule has 1 N–H and O–H groups in total. The van der Waals surface area contributed by atoms with Gasteiger partial charge < -0.3 is 48.7 Å². The predicted octanol–water partition coefficient (Wildman–Crippen LogP) is 4.38. The van der Waals surface area contributed by atoms with Gasteiger partial charge in [0.2, 0.25) is 0 Å². The third kappa shape index (κ3) is 15.2. The second-order valence-electron chi connectivity index (χ2n) is 11.4. The van der Waals surface area contributed by atoms with E-state index >= 15 is 0 Å². The van der Waals surface area contributed by atoms with Crippen LogP contribution in [-0.2, 0) is 43.6 Å². The van der Waals surface area contributed by atoms with Crippen molar-refractivity contribution >= 4 is 51.4 Å². The Hall–Kier alpha value is 0.861. The van der Waals surface area contributed by atoms with Gasteiger partial charge in [-0.05, 0) is 70.4 Å². The molecule has 0 aromatic carbocycles. The second kappa shape index (κ2) is 17.9. The van der Waals surface area contributed by atoms with E-state index in [2.05, 4.69) is 45.8 Å². The first-order valence-corrected chi connectivity index (χ1v) is 29.0. The Bertz CT molecular complexity index is 650. The summed E-state index contributed by atoms with van der Waals surface area (Å²) in [4.78, 5) is 0. The summed E-state index contributed by atoms with van der Waals surface area (Å²) in [6, 6.07) is 3.80. The summed E-state index contributed by atoms with van der Waals surface area (Å²) in [7, 11) is -5.18. The van der Waals surface area contributed by atoms with Crippen molar-refractivity contribution < 1.29 is 48.7 Å². The van der Waals surface area contributed by atoms with Gasteiger partial charge in [-0.3, -0.25) is 0 Å². The monoisotopic (exact) mass is 666 g/mol. The van der Waals surface area contributed by atoms with E-state index in [-0.39, 0.29) is 6.61 Å². The number of aliphatic hydroxyl groups excluding tert-OH is 1. The van der Waals surface area contributed by atoms with E-state index in [0.717, 1.165) is 24.6 Å². The van der Waals surface area contributed by atoms with E-state index in [1.807, 2.05) is 0 Å². The van der Waals surface area contributed by atoms with Gasteiger partial charge in [-0.25, -0.2) is 0 Å². The molecule has 236 valence electrons. The SMILES string of the molecule is CO[Si](CC[Si](C)(C)O[Si](C)(C)O[Si](C)(CCCOCCO)O[Si](C)(C)CC[Si](OC)(OC)OC)(OC)OC. The standard InChI is InChI=1S/C22H58O11Si6/c1-24-38(25-2,26-3)21-19-34(7,8)31-36(11,12)33-37(13,18-14-16-30-17-15-23)32-35(9,10)20-22-39(27-4,28-5)29-6/h23H,14-22H2,1-13H3. The number of hydrogen-bond acceptors (Lipinski definition) is 11. The molecule has 0 aromatic rings. The van der Waals surface area contributed by atoms with E-state index < -0.39 is 51.4 Å². The van der Waals surface area contributed by atoms with Crippen LogP contribution >= 0.6 is 0 Å². The van der Waals surface area contributed by atoms with Crippen molar-refractivity contribution in [2.75, 3.05) is 62.5 Å². The Kier molecular flexibility index (Phi) is 18.2. The van der Waals surface area contributed by atoms with Crippen LogP contribution in [0.15, 0.2) is 0 Å². The van der Waals surface area contributed by atoms with Gasteiger partial charge in [0.1, 0.15) is 0 Å². The lowest BCUT2D eigenvalue weighted by Gasteiger charge is -2.43. The highest BCUT2D eigenvalue weighted by atomic mass is 28.5. The van der Waals surface area contributed by atoms with Crippen LogP contribution in [0.4, 0.5) is 0 Å². The van der Waals surface area contributed by atoms with Crippen LogP contribution < -0.4 is 0 Å². The van der Waals surface area contributed by atoms with E-state index in [9.17, 15) is 0 Å². The quantitative estimate of drug-likeness (QED) is 0.117. The Morgan fingerprint density at radius 3 is 1.28 bits per heavy atom. The molecule has 17 heteroatoms. The Morgan fingerprint density at radius 1 is 0.487 bits per heavy atom. The highest BCUT2D eigenvalue weighted by Gasteiger charge is 2.48. The molecule has 0 amide bonds. The zero-order chi connectivity index (χ0) is 30.4. The number of aliphatic hydroxyl groups is 1. The molecule has 0 saturated heterocycles. The van der Waals surface area contributed by atoms with E-state index in [1.165, 1.54) is 0 Å². The lowest BCUT2D eigenvalue weighted by atomic mass is 10.5. The average molecular weight is 667 g/mol. The van der Waals surface area contributed by atoms with Crippen molar-refractivity contribution in [3.05, 3.63) is 0 Å². The van der Waals surface area contributed by atoms with Crippen LogP contribution in [0.3, 0.4) is 0 Å². The Morgan fingerprint density at radius 2 is 0.897 bits per heavy atom. The Labute approximate surface area is 244 Å². The summed E-state index contributed by atoms with van der Waals surface area (Å²) in [6.07, 6.45) is 0.787. The highest BCUT2D eigenvalue weighted by molar-refractivity contribution is 6.90. The molecule has 0 fully saturated rings. The largest absolute Gasteiger partial charge is 0.499 e. The van der Waals surface area contributed by atoms with Gasteiger partial charge in [0.15, 0.2) is 16.6 Å². The molecular formula is C22H58O11Si6. The molecule has 0 bridgehead atoms. The lowest BCUT2D eigenvalue weighted by molar-refractivity contribution is 0.0918. The maximum atomic E-state index is 9.05. The van der Waals surface area contributed by atoms with Crippen molar-refractivity contribution in [1.29, 1.82) is 0 Å². The minimum atomic E-state index is -2.71. The minimum Gasteiger partial charge on any atom is -0.436 e. The molecule has 0 rings (SSSR count). The third-order valence-electron chi connectivity index (χ3n) is 6.56. The molecular weight excluding hydrogens is 609 g/mol. The molecule has 0 aliphatic rings. The molecule has 1 unspecified atom stereocenters.